The zero-order valence-electron chi connectivity index (χ0n) is 21.6. The third-order valence-electron chi connectivity index (χ3n) is 6.61. The Bertz CT molecular complexity index is 834. The fourth-order valence-electron chi connectivity index (χ4n) is 4.38. The van der Waals surface area contributed by atoms with Crippen LogP contribution in [0, 0.1) is 5.82 Å². The minimum Gasteiger partial charge on any atom is -0.502 e. The molecule has 0 bridgehead atoms. The number of halogens is 1. The van der Waals surface area contributed by atoms with Crippen molar-refractivity contribution in [1.82, 2.24) is 9.80 Å². The molecule has 3 rings (SSSR count). The highest BCUT2D eigenvalue weighted by Gasteiger charge is 2.19. The normalized spacial score (nSPS) is 14.8. The molecule has 1 fully saturated rings. The number of benzene rings is 2. The number of phenolic OH excluding ortho intramolecular Hbond substituents is 1. The average molecular weight is 487 g/mol. The van der Waals surface area contributed by atoms with E-state index in [-0.39, 0.29) is 11.6 Å². The molecule has 1 N–H and O–H groups in total. The molecule has 0 radical (unpaired) electrons. The molecule has 0 unspecified atom stereocenters. The number of nitrogens with zero attached hydrogens (tertiary/aromatic N) is 2. The second-order valence-corrected chi connectivity index (χ2v) is 9.55. The van der Waals surface area contributed by atoms with Gasteiger partial charge in [0, 0.05) is 39.3 Å². The number of piperazine rings is 1. The molecular weight excluding hydrogens is 443 g/mol. The molecule has 0 atom stereocenters. The van der Waals surface area contributed by atoms with E-state index in [4.69, 9.17) is 9.47 Å². The van der Waals surface area contributed by atoms with Crippen LogP contribution >= 0.6 is 0 Å². The van der Waals surface area contributed by atoms with Crippen molar-refractivity contribution in [1.29, 1.82) is 0 Å². The molecule has 1 saturated heterocycles. The Kier molecular flexibility index (Phi) is 11.6. The van der Waals surface area contributed by atoms with Crippen molar-refractivity contribution >= 4 is 0 Å². The van der Waals surface area contributed by atoms with Gasteiger partial charge in [0.05, 0.1) is 13.2 Å². The van der Waals surface area contributed by atoms with Crippen LogP contribution in [-0.2, 0) is 13.0 Å². The van der Waals surface area contributed by atoms with Gasteiger partial charge in [-0.05, 0) is 54.7 Å². The van der Waals surface area contributed by atoms with Crippen molar-refractivity contribution in [3.63, 3.8) is 0 Å². The Labute approximate surface area is 210 Å². The molecule has 1 aliphatic heterocycles. The summed E-state index contributed by atoms with van der Waals surface area (Å²) in [5.41, 5.74) is 2.29. The third-order valence-corrected chi connectivity index (χ3v) is 6.61. The average Bonchev–Trinajstić information content (AvgIpc) is 2.87. The lowest BCUT2D eigenvalue weighted by Crippen LogP contribution is -2.46. The predicted octanol–water partition coefficient (Wildman–Crippen LogP) is 6.03. The largest absolute Gasteiger partial charge is 0.502 e. The minimum absolute atomic E-state index is 0.118. The van der Waals surface area contributed by atoms with Crippen LogP contribution in [0.3, 0.4) is 0 Å². The van der Waals surface area contributed by atoms with Crippen LogP contribution in [0.5, 0.6) is 17.2 Å². The lowest BCUT2D eigenvalue weighted by molar-refractivity contribution is 0.128. The van der Waals surface area contributed by atoms with Crippen LogP contribution in [-0.4, -0.2) is 60.8 Å². The number of hydrogen-bond acceptors (Lipinski definition) is 5. The molecule has 6 heteroatoms. The van der Waals surface area contributed by atoms with Crippen molar-refractivity contribution in [2.24, 2.45) is 0 Å². The lowest BCUT2D eigenvalue weighted by atomic mass is 10.1. The zero-order chi connectivity index (χ0) is 24.9. The molecule has 5 nitrogen and oxygen atoms in total. The summed E-state index contributed by atoms with van der Waals surface area (Å²) in [5, 5.41) is 10.7. The molecule has 35 heavy (non-hydrogen) atoms. The van der Waals surface area contributed by atoms with Gasteiger partial charge in [-0.1, -0.05) is 51.7 Å². The Balaban J connectivity index is 1.54. The summed E-state index contributed by atoms with van der Waals surface area (Å²) in [7, 11) is 0. The van der Waals surface area contributed by atoms with E-state index >= 15 is 0 Å². The molecule has 0 aromatic heterocycles. The Morgan fingerprint density at radius 1 is 0.771 bits per heavy atom. The first-order chi connectivity index (χ1) is 17.1. The summed E-state index contributed by atoms with van der Waals surface area (Å²) in [6.45, 7) is 11.4. The summed E-state index contributed by atoms with van der Waals surface area (Å²) in [6.07, 6.45) is 7.40. The number of hydrogen-bond donors (Lipinski definition) is 1. The maximum absolute atomic E-state index is 13.1. The lowest BCUT2D eigenvalue weighted by Gasteiger charge is -2.34. The van der Waals surface area contributed by atoms with Gasteiger partial charge in [-0.25, -0.2) is 4.39 Å². The predicted molar refractivity (Wildman–Crippen MR) is 140 cm³/mol. The van der Waals surface area contributed by atoms with Crippen LogP contribution in [0.4, 0.5) is 4.39 Å². The second kappa shape index (κ2) is 14.9. The van der Waals surface area contributed by atoms with Crippen molar-refractivity contribution in [3.8, 4) is 17.2 Å². The summed E-state index contributed by atoms with van der Waals surface area (Å²) in [4.78, 5) is 4.92. The molecule has 1 aliphatic rings. The van der Waals surface area contributed by atoms with Crippen LogP contribution in [0.1, 0.15) is 63.5 Å². The first-order valence-electron chi connectivity index (χ1n) is 13.4. The number of unbranched alkanes of at least 4 members (excludes halogenated alkanes) is 4. The van der Waals surface area contributed by atoms with Gasteiger partial charge in [0.1, 0.15) is 5.82 Å². The zero-order valence-corrected chi connectivity index (χ0v) is 21.6. The highest BCUT2D eigenvalue weighted by Crippen LogP contribution is 2.38. The van der Waals surface area contributed by atoms with Gasteiger partial charge in [-0.2, -0.15) is 0 Å². The fraction of sp³-hybridized carbons (Fsp3) is 0.586. The van der Waals surface area contributed by atoms with Gasteiger partial charge < -0.3 is 19.5 Å². The van der Waals surface area contributed by atoms with Crippen LogP contribution in [0.25, 0.3) is 0 Å². The third kappa shape index (κ3) is 9.34. The number of phenols is 1. The van der Waals surface area contributed by atoms with Gasteiger partial charge in [0.2, 0.25) is 5.75 Å². The van der Waals surface area contributed by atoms with Gasteiger partial charge in [0.25, 0.3) is 0 Å². The monoisotopic (exact) mass is 486 g/mol. The van der Waals surface area contributed by atoms with Crippen LogP contribution in [0.2, 0.25) is 0 Å². The fourth-order valence-corrected chi connectivity index (χ4v) is 4.38. The molecular formula is C29H43FN2O3. The van der Waals surface area contributed by atoms with E-state index in [0.29, 0.717) is 24.7 Å². The molecule has 0 spiro atoms. The van der Waals surface area contributed by atoms with E-state index in [2.05, 4.69) is 23.6 Å². The van der Waals surface area contributed by atoms with E-state index in [1.807, 2.05) is 24.3 Å². The van der Waals surface area contributed by atoms with Gasteiger partial charge in [0.15, 0.2) is 11.5 Å². The van der Waals surface area contributed by atoms with Gasteiger partial charge >= 0.3 is 0 Å². The topological polar surface area (TPSA) is 45.2 Å². The van der Waals surface area contributed by atoms with Crippen molar-refractivity contribution < 1.29 is 19.0 Å². The molecule has 0 saturated carbocycles. The summed E-state index contributed by atoms with van der Waals surface area (Å²) in [6, 6.07) is 10.8. The quantitative estimate of drug-likeness (QED) is 0.312. The smallest absolute Gasteiger partial charge is 0.200 e. The standard InChI is InChI=1S/C29H43FN2O3/c1-3-5-7-19-34-27-21-25(22-28(29(27)33)35-20-8-6-4-2)23-32-17-15-31(16-18-32)14-13-24-9-11-26(30)12-10-24/h9-12,21-22,33H,3-8,13-20,23H2,1-2H3. The SMILES string of the molecule is CCCCCOc1cc(CN2CCN(CCc3ccc(F)cc3)CC2)cc(OCCCCC)c1O. The van der Waals surface area contributed by atoms with Crippen molar-refractivity contribution in [2.75, 3.05) is 45.9 Å². The van der Waals surface area contributed by atoms with E-state index in [1.54, 1.807) is 0 Å². The van der Waals surface area contributed by atoms with E-state index in [0.717, 1.165) is 89.8 Å². The number of ether oxygens (including phenoxy) is 2. The van der Waals surface area contributed by atoms with Gasteiger partial charge in [-0.15, -0.1) is 0 Å². The Hall–Kier alpha value is -2.31. The maximum Gasteiger partial charge on any atom is 0.200 e. The van der Waals surface area contributed by atoms with E-state index in [9.17, 15) is 9.50 Å². The van der Waals surface area contributed by atoms with Crippen molar-refractivity contribution in [2.45, 2.75) is 65.3 Å². The molecule has 1 heterocycles. The van der Waals surface area contributed by atoms with Crippen molar-refractivity contribution in [3.05, 3.63) is 53.3 Å². The van der Waals surface area contributed by atoms with Crippen LogP contribution < -0.4 is 9.47 Å². The Morgan fingerprint density at radius 3 is 1.86 bits per heavy atom. The highest BCUT2D eigenvalue weighted by atomic mass is 19.1. The van der Waals surface area contributed by atoms with Crippen LogP contribution in [0.15, 0.2) is 36.4 Å². The summed E-state index contributed by atoms with van der Waals surface area (Å²) < 4.78 is 25.0. The van der Waals surface area contributed by atoms with Gasteiger partial charge in [-0.3, -0.25) is 4.90 Å². The number of rotatable bonds is 15. The Morgan fingerprint density at radius 2 is 1.31 bits per heavy atom. The summed E-state index contributed by atoms with van der Waals surface area (Å²) >= 11 is 0. The first-order valence-corrected chi connectivity index (χ1v) is 13.4. The number of aromatic hydroxyl groups is 1. The second-order valence-electron chi connectivity index (χ2n) is 9.55. The molecule has 2 aromatic rings. The molecule has 0 amide bonds. The van der Waals surface area contributed by atoms with E-state index in [1.165, 1.54) is 17.7 Å². The molecule has 0 aliphatic carbocycles. The highest BCUT2D eigenvalue weighted by molar-refractivity contribution is 5.52. The summed E-state index contributed by atoms with van der Waals surface area (Å²) in [5.74, 6) is 0.997. The molecule has 2 aromatic carbocycles. The van der Waals surface area contributed by atoms with E-state index < -0.39 is 0 Å². The minimum atomic E-state index is -0.180. The first kappa shape index (κ1) is 27.3. The maximum atomic E-state index is 13.1. The molecule has 194 valence electrons.